The van der Waals surface area contributed by atoms with Crippen molar-refractivity contribution in [3.8, 4) is 11.1 Å². The Balaban J connectivity index is 1.23. The molecule has 0 atom stereocenters. The molecule has 6 nitrogen and oxygen atoms in total. The molecule has 4 aromatic rings. The Bertz CT molecular complexity index is 1590. The van der Waals surface area contributed by atoms with Crippen LogP contribution in [-0.2, 0) is 16.6 Å². The van der Waals surface area contributed by atoms with Gasteiger partial charge in [-0.3, -0.25) is 0 Å². The Hall–Kier alpha value is -3.37. The third kappa shape index (κ3) is 4.90. The second kappa shape index (κ2) is 9.74. The number of fused-ring (bicyclic) bond motifs is 1. The Labute approximate surface area is 218 Å². The number of hydrogen-bond donors (Lipinski definition) is 2. The predicted octanol–water partition coefficient (Wildman–Crippen LogP) is 5.93. The highest BCUT2D eigenvalue weighted by Crippen LogP contribution is 2.38. The molecule has 6 rings (SSSR count). The van der Waals surface area contributed by atoms with Crippen molar-refractivity contribution in [1.82, 2.24) is 14.3 Å². The van der Waals surface area contributed by atoms with Crippen LogP contribution < -0.4 is 5.32 Å². The number of hydrogen-bond acceptors (Lipinski definition) is 4. The molecule has 2 N–H and O–H groups in total. The first kappa shape index (κ1) is 24.9. The minimum atomic E-state index is -3.17. The van der Waals surface area contributed by atoms with E-state index in [0.717, 1.165) is 30.0 Å². The van der Waals surface area contributed by atoms with Crippen LogP contribution in [0.2, 0.25) is 0 Å². The smallest absolute Gasteiger partial charge is 0.216 e. The number of aromatic nitrogens is 2. The van der Waals surface area contributed by atoms with Crippen molar-refractivity contribution in [1.29, 1.82) is 0 Å². The molecular formula is C28H27F3N4O2S. The van der Waals surface area contributed by atoms with Gasteiger partial charge >= 0.3 is 0 Å². The second-order valence-electron chi connectivity index (χ2n) is 10.1. The van der Waals surface area contributed by atoms with Crippen molar-refractivity contribution >= 4 is 26.7 Å². The molecule has 0 unspecified atom stereocenters. The van der Waals surface area contributed by atoms with Gasteiger partial charge in [0.1, 0.15) is 23.1 Å². The number of H-pyrrole nitrogens is 1. The average Bonchev–Trinajstić information content (AvgIpc) is 3.67. The summed E-state index contributed by atoms with van der Waals surface area (Å²) in [6, 6.07) is 11.7. The summed E-state index contributed by atoms with van der Waals surface area (Å²) >= 11 is 0. The lowest BCUT2D eigenvalue weighted by Crippen LogP contribution is -2.39. The molecule has 1 saturated heterocycles. The zero-order chi connectivity index (χ0) is 26.4. The number of pyridine rings is 1. The molecule has 0 bridgehead atoms. The van der Waals surface area contributed by atoms with Crippen LogP contribution >= 0.6 is 0 Å². The van der Waals surface area contributed by atoms with Gasteiger partial charge in [0.2, 0.25) is 10.0 Å². The molecule has 2 fully saturated rings. The number of anilines is 1. The molecule has 2 aliphatic rings. The van der Waals surface area contributed by atoms with Crippen molar-refractivity contribution in [2.24, 2.45) is 0 Å². The monoisotopic (exact) mass is 540 g/mol. The van der Waals surface area contributed by atoms with Gasteiger partial charge in [0, 0.05) is 60.1 Å². The van der Waals surface area contributed by atoms with E-state index in [-0.39, 0.29) is 17.7 Å². The average molecular weight is 541 g/mol. The van der Waals surface area contributed by atoms with Gasteiger partial charge in [0.05, 0.1) is 5.25 Å². The van der Waals surface area contributed by atoms with E-state index in [4.69, 9.17) is 0 Å². The normalized spacial score (nSPS) is 17.2. The van der Waals surface area contributed by atoms with Crippen LogP contribution in [0.25, 0.3) is 22.2 Å². The van der Waals surface area contributed by atoms with Crippen LogP contribution in [0.3, 0.4) is 0 Å². The molecule has 0 spiro atoms. The Morgan fingerprint density at radius 1 is 0.921 bits per heavy atom. The molecule has 10 heteroatoms. The fraction of sp³-hybridized carbons (Fsp3) is 0.321. The summed E-state index contributed by atoms with van der Waals surface area (Å²) in [6.07, 6.45) is 4.56. The SMILES string of the molecule is O=S(=O)(C1CC1)N1CCC(c2cc3c(-c4cc(NCc5cc(F)cc(F)c5)ccc4F)ccnc3[nH]2)CC1. The van der Waals surface area contributed by atoms with Gasteiger partial charge in [-0.15, -0.1) is 0 Å². The van der Waals surface area contributed by atoms with E-state index >= 15 is 4.39 Å². The third-order valence-electron chi connectivity index (χ3n) is 7.43. The zero-order valence-electron chi connectivity index (χ0n) is 20.6. The number of sulfonamides is 1. The first-order valence-corrected chi connectivity index (χ1v) is 14.2. The van der Waals surface area contributed by atoms with Crippen molar-refractivity contribution in [3.63, 3.8) is 0 Å². The molecule has 2 aromatic heterocycles. The zero-order valence-corrected chi connectivity index (χ0v) is 21.4. The summed E-state index contributed by atoms with van der Waals surface area (Å²) in [5.41, 5.74) is 3.69. The lowest BCUT2D eigenvalue weighted by atomic mass is 9.94. The van der Waals surface area contributed by atoms with Gasteiger partial charge in [-0.1, -0.05) is 0 Å². The standard InChI is InChI=1S/C28H27F3N4O2S/c29-19-11-17(12-20(30)13-19)16-33-21-1-4-26(31)24(14-21)23-5-8-32-28-25(23)15-27(34-28)18-6-9-35(10-7-18)38(36,37)22-2-3-22/h1,4-5,8,11-15,18,22,33H,2-3,6-7,9-10,16H2,(H,32,34). The molecule has 2 aromatic carbocycles. The second-order valence-corrected chi connectivity index (χ2v) is 12.3. The number of aromatic amines is 1. The predicted molar refractivity (Wildman–Crippen MR) is 141 cm³/mol. The van der Waals surface area contributed by atoms with Gasteiger partial charge < -0.3 is 10.3 Å². The maximum atomic E-state index is 15.0. The Kier molecular flexibility index (Phi) is 6.39. The quantitative estimate of drug-likeness (QED) is 0.305. The van der Waals surface area contributed by atoms with Gasteiger partial charge in [-0.05, 0) is 79.3 Å². The third-order valence-corrected chi connectivity index (χ3v) is 9.83. The topological polar surface area (TPSA) is 78.1 Å². The lowest BCUT2D eigenvalue weighted by molar-refractivity contribution is 0.317. The summed E-state index contributed by atoms with van der Waals surface area (Å²) < 4.78 is 68.9. The van der Waals surface area contributed by atoms with E-state index in [1.54, 1.807) is 28.7 Å². The van der Waals surface area contributed by atoms with Crippen LogP contribution in [0.1, 0.15) is 42.9 Å². The molecule has 198 valence electrons. The van der Waals surface area contributed by atoms with Crippen molar-refractivity contribution in [2.75, 3.05) is 18.4 Å². The highest BCUT2D eigenvalue weighted by Gasteiger charge is 2.41. The number of benzene rings is 2. The maximum absolute atomic E-state index is 15.0. The minimum absolute atomic E-state index is 0.159. The molecule has 1 saturated carbocycles. The Morgan fingerprint density at radius 2 is 1.66 bits per heavy atom. The van der Waals surface area contributed by atoms with E-state index in [2.05, 4.69) is 15.3 Å². The number of halogens is 3. The molecule has 1 aliphatic carbocycles. The number of rotatable bonds is 7. The van der Waals surface area contributed by atoms with Gasteiger partial charge in [0.15, 0.2) is 0 Å². The largest absolute Gasteiger partial charge is 0.381 e. The molecule has 3 heterocycles. The van der Waals surface area contributed by atoms with E-state index in [1.165, 1.54) is 18.2 Å². The molecule has 38 heavy (non-hydrogen) atoms. The Morgan fingerprint density at radius 3 is 2.37 bits per heavy atom. The van der Waals surface area contributed by atoms with Crippen LogP contribution in [0.15, 0.2) is 54.7 Å². The first-order valence-electron chi connectivity index (χ1n) is 12.7. The lowest BCUT2D eigenvalue weighted by Gasteiger charge is -2.30. The fourth-order valence-corrected chi connectivity index (χ4v) is 7.13. The molecule has 1 aliphatic heterocycles. The summed E-state index contributed by atoms with van der Waals surface area (Å²) in [7, 11) is -3.17. The summed E-state index contributed by atoms with van der Waals surface area (Å²) in [4.78, 5) is 7.81. The van der Waals surface area contributed by atoms with Crippen LogP contribution in [0.5, 0.6) is 0 Å². The van der Waals surface area contributed by atoms with Gasteiger partial charge in [-0.2, -0.15) is 0 Å². The van der Waals surface area contributed by atoms with Crippen molar-refractivity contribution in [2.45, 2.75) is 43.4 Å². The fourth-order valence-electron chi connectivity index (χ4n) is 5.26. The van der Waals surface area contributed by atoms with Crippen molar-refractivity contribution < 1.29 is 21.6 Å². The number of nitrogens with zero attached hydrogens (tertiary/aromatic N) is 2. The first-order chi connectivity index (χ1) is 18.3. The van der Waals surface area contributed by atoms with E-state index in [0.29, 0.717) is 54.0 Å². The maximum Gasteiger partial charge on any atom is 0.216 e. The van der Waals surface area contributed by atoms with E-state index in [9.17, 15) is 17.2 Å². The van der Waals surface area contributed by atoms with E-state index in [1.807, 2.05) is 6.07 Å². The summed E-state index contributed by atoms with van der Waals surface area (Å²) in [5.74, 6) is -1.55. The molecule has 0 amide bonds. The van der Waals surface area contributed by atoms with Gasteiger partial charge in [0.25, 0.3) is 0 Å². The number of nitrogens with one attached hydrogen (secondary N) is 2. The van der Waals surface area contributed by atoms with Crippen LogP contribution in [0.4, 0.5) is 18.9 Å². The minimum Gasteiger partial charge on any atom is -0.381 e. The molecule has 0 radical (unpaired) electrons. The summed E-state index contributed by atoms with van der Waals surface area (Å²) in [5, 5.41) is 3.69. The molecular weight excluding hydrogens is 513 g/mol. The summed E-state index contributed by atoms with van der Waals surface area (Å²) in [6.45, 7) is 1.17. The number of piperidine rings is 1. The van der Waals surface area contributed by atoms with Crippen molar-refractivity contribution in [3.05, 3.63) is 83.4 Å². The highest BCUT2D eigenvalue weighted by molar-refractivity contribution is 7.90. The van der Waals surface area contributed by atoms with Crippen LogP contribution in [0, 0.1) is 17.5 Å². The van der Waals surface area contributed by atoms with Gasteiger partial charge in [-0.25, -0.2) is 30.9 Å². The highest BCUT2D eigenvalue weighted by atomic mass is 32.2. The van der Waals surface area contributed by atoms with Crippen LogP contribution in [-0.4, -0.2) is 41.0 Å². The van der Waals surface area contributed by atoms with E-state index < -0.39 is 27.5 Å².